The Morgan fingerprint density at radius 3 is 2.64 bits per heavy atom. The lowest BCUT2D eigenvalue weighted by Crippen LogP contribution is -2.46. The van der Waals surface area contributed by atoms with Gasteiger partial charge in [0.05, 0.1) is 12.0 Å². The summed E-state index contributed by atoms with van der Waals surface area (Å²) in [6.45, 7) is 5.48. The number of furan rings is 1. The number of hydrogen-bond donors (Lipinski definition) is 2. The fraction of sp³-hybridized carbons (Fsp3) is 0.300. The van der Waals surface area contributed by atoms with E-state index in [4.69, 9.17) is 4.42 Å². The molecular formula is C20H24ClN5O2. The molecule has 1 saturated heterocycles. The molecule has 0 bridgehead atoms. The summed E-state index contributed by atoms with van der Waals surface area (Å²) in [6.07, 6.45) is 1.60. The molecule has 8 heteroatoms. The van der Waals surface area contributed by atoms with Crippen molar-refractivity contribution in [2.24, 2.45) is 0 Å². The number of carbonyl (C=O) groups is 1. The average molecular weight is 402 g/mol. The number of nitrogens with one attached hydrogen (secondary N) is 2. The molecular weight excluding hydrogens is 378 g/mol. The van der Waals surface area contributed by atoms with E-state index in [0.29, 0.717) is 23.7 Å². The largest absolute Gasteiger partial charge is 0.463 e. The van der Waals surface area contributed by atoms with Crippen LogP contribution in [0.2, 0.25) is 0 Å². The monoisotopic (exact) mass is 401 g/mol. The standard InChI is InChI=1S/C20H23N5O2.ClH/c26-20(22-10-13-24-11-8-21-9-12-24)18-15-17(19-7-4-14-27-19)23-25(18)16-5-2-1-3-6-16;/h1-7,14-15,21H,8-13H2,(H,22,26);1H. The molecule has 0 atom stereocenters. The van der Waals surface area contributed by atoms with Gasteiger partial charge >= 0.3 is 0 Å². The second-order valence-electron chi connectivity index (χ2n) is 6.49. The molecule has 1 fully saturated rings. The lowest BCUT2D eigenvalue weighted by atomic mass is 10.2. The van der Waals surface area contributed by atoms with Gasteiger partial charge in [-0.15, -0.1) is 12.4 Å². The van der Waals surface area contributed by atoms with Gasteiger partial charge < -0.3 is 15.1 Å². The zero-order valence-corrected chi connectivity index (χ0v) is 16.3. The van der Waals surface area contributed by atoms with Crippen molar-refractivity contribution in [3.8, 4) is 17.1 Å². The predicted octanol–water partition coefficient (Wildman–Crippen LogP) is 2.19. The highest BCUT2D eigenvalue weighted by molar-refractivity contribution is 5.94. The Morgan fingerprint density at radius 1 is 1.14 bits per heavy atom. The molecule has 3 heterocycles. The van der Waals surface area contributed by atoms with E-state index in [9.17, 15) is 4.79 Å². The second-order valence-corrected chi connectivity index (χ2v) is 6.49. The number of hydrogen-bond acceptors (Lipinski definition) is 5. The molecule has 148 valence electrons. The minimum Gasteiger partial charge on any atom is -0.463 e. The number of piperazine rings is 1. The first kappa shape index (κ1) is 20.1. The molecule has 1 aromatic carbocycles. The third kappa shape index (κ3) is 4.62. The van der Waals surface area contributed by atoms with Gasteiger partial charge in [0, 0.05) is 45.3 Å². The topological polar surface area (TPSA) is 75.3 Å². The van der Waals surface area contributed by atoms with E-state index in [-0.39, 0.29) is 18.3 Å². The van der Waals surface area contributed by atoms with Crippen molar-refractivity contribution in [3.63, 3.8) is 0 Å². The number of halogens is 1. The molecule has 1 aliphatic rings. The van der Waals surface area contributed by atoms with Crippen LogP contribution in [0.25, 0.3) is 17.1 Å². The van der Waals surface area contributed by atoms with Crippen LogP contribution in [-0.4, -0.2) is 59.9 Å². The number of para-hydroxylation sites is 1. The van der Waals surface area contributed by atoms with Crippen molar-refractivity contribution in [2.75, 3.05) is 39.3 Å². The zero-order valence-electron chi connectivity index (χ0n) is 15.5. The second kappa shape index (κ2) is 9.54. The summed E-state index contributed by atoms with van der Waals surface area (Å²) in [7, 11) is 0. The Hall–Kier alpha value is -2.61. The first-order valence-corrected chi connectivity index (χ1v) is 9.22. The van der Waals surface area contributed by atoms with E-state index in [1.54, 1.807) is 17.0 Å². The lowest BCUT2D eigenvalue weighted by Gasteiger charge is -2.27. The van der Waals surface area contributed by atoms with Crippen LogP contribution in [-0.2, 0) is 0 Å². The van der Waals surface area contributed by atoms with E-state index in [1.807, 2.05) is 42.5 Å². The van der Waals surface area contributed by atoms with Crippen molar-refractivity contribution >= 4 is 18.3 Å². The van der Waals surface area contributed by atoms with Gasteiger partial charge in [0.1, 0.15) is 11.4 Å². The summed E-state index contributed by atoms with van der Waals surface area (Å²) in [4.78, 5) is 15.2. The number of benzene rings is 1. The zero-order chi connectivity index (χ0) is 18.5. The van der Waals surface area contributed by atoms with Crippen molar-refractivity contribution in [1.82, 2.24) is 25.3 Å². The molecule has 0 unspecified atom stereocenters. The predicted molar refractivity (Wildman–Crippen MR) is 110 cm³/mol. The highest BCUT2D eigenvalue weighted by Gasteiger charge is 2.19. The molecule has 2 N–H and O–H groups in total. The van der Waals surface area contributed by atoms with E-state index < -0.39 is 0 Å². The Balaban J connectivity index is 0.00000225. The molecule has 4 rings (SSSR count). The quantitative estimate of drug-likeness (QED) is 0.662. The Kier molecular flexibility index (Phi) is 6.86. The minimum atomic E-state index is -0.140. The summed E-state index contributed by atoms with van der Waals surface area (Å²) < 4.78 is 7.11. The first-order valence-electron chi connectivity index (χ1n) is 9.22. The normalized spacial score (nSPS) is 14.4. The molecule has 1 amide bonds. The number of nitrogens with zero attached hydrogens (tertiary/aromatic N) is 3. The van der Waals surface area contributed by atoms with Crippen molar-refractivity contribution in [2.45, 2.75) is 0 Å². The lowest BCUT2D eigenvalue weighted by molar-refractivity contribution is 0.0939. The summed E-state index contributed by atoms with van der Waals surface area (Å²) >= 11 is 0. The summed E-state index contributed by atoms with van der Waals surface area (Å²) in [5.74, 6) is 0.499. The highest BCUT2D eigenvalue weighted by Crippen LogP contribution is 2.22. The van der Waals surface area contributed by atoms with Gasteiger partial charge in [-0.05, 0) is 24.3 Å². The fourth-order valence-corrected chi connectivity index (χ4v) is 3.21. The molecule has 28 heavy (non-hydrogen) atoms. The highest BCUT2D eigenvalue weighted by atomic mass is 35.5. The van der Waals surface area contributed by atoms with E-state index in [1.165, 1.54) is 0 Å². The van der Waals surface area contributed by atoms with E-state index in [2.05, 4.69) is 20.6 Å². The number of aromatic nitrogens is 2. The molecule has 7 nitrogen and oxygen atoms in total. The van der Waals surface area contributed by atoms with Crippen LogP contribution >= 0.6 is 12.4 Å². The third-order valence-corrected chi connectivity index (χ3v) is 4.64. The summed E-state index contributed by atoms with van der Waals surface area (Å²) in [6, 6.07) is 15.1. The van der Waals surface area contributed by atoms with Crippen LogP contribution in [0.3, 0.4) is 0 Å². The van der Waals surface area contributed by atoms with Gasteiger partial charge in [-0.2, -0.15) is 5.10 Å². The van der Waals surface area contributed by atoms with E-state index >= 15 is 0 Å². The van der Waals surface area contributed by atoms with Crippen LogP contribution in [0.5, 0.6) is 0 Å². The number of amides is 1. The molecule has 1 aliphatic heterocycles. The molecule has 0 spiro atoms. The van der Waals surface area contributed by atoms with Crippen molar-refractivity contribution < 1.29 is 9.21 Å². The van der Waals surface area contributed by atoms with Gasteiger partial charge in [-0.1, -0.05) is 18.2 Å². The van der Waals surface area contributed by atoms with Gasteiger partial charge in [-0.3, -0.25) is 9.69 Å². The summed E-state index contributed by atoms with van der Waals surface area (Å²) in [5.41, 5.74) is 1.96. The maximum absolute atomic E-state index is 12.8. The van der Waals surface area contributed by atoms with Gasteiger partial charge in [0.15, 0.2) is 5.76 Å². The smallest absolute Gasteiger partial charge is 0.270 e. The molecule has 2 aromatic heterocycles. The third-order valence-electron chi connectivity index (χ3n) is 4.64. The van der Waals surface area contributed by atoms with Crippen molar-refractivity contribution in [1.29, 1.82) is 0 Å². The van der Waals surface area contributed by atoms with Crippen LogP contribution in [0.4, 0.5) is 0 Å². The average Bonchev–Trinajstić information content (AvgIpc) is 3.39. The van der Waals surface area contributed by atoms with E-state index in [0.717, 1.165) is 38.4 Å². The summed E-state index contributed by atoms with van der Waals surface area (Å²) in [5, 5.41) is 10.9. The Morgan fingerprint density at radius 2 is 1.93 bits per heavy atom. The molecule has 0 aliphatic carbocycles. The van der Waals surface area contributed by atoms with Crippen LogP contribution < -0.4 is 10.6 Å². The van der Waals surface area contributed by atoms with Crippen LogP contribution in [0, 0.1) is 0 Å². The van der Waals surface area contributed by atoms with Crippen LogP contribution in [0.1, 0.15) is 10.5 Å². The number of carbonyl (C=O) groups excluding carboxylic acids is 1. The van der Waals surface area contributed by atoms with Crippen LogP contribution in [0.15, 0.2) is 59.2 Å². The molecule has 0 radical (unpaired) electrons. The van der Waals surface area contributed by atoms with Gasteiger partial charge in [0.2, 0.25) is 0 Å². The minimum absolute atomic E-state index is 0. The van der Waals surface area contributed by atoms with Gasteiger partial charge in [0.25, 0.3) is 5.91 Å². The SMILES string of the molecule is Cl.O=C(NCCN1CCNCC1)c1cc(-c2ccco2)nn1-c1ccccc1. The number of rotatable bonds is 6. The maximum Gasteiger partial charge on any atom is 0.270 e. The first-order chi connectivity index (χ1) is 13.3. The van der Waals surface area contributed by atoms with Gasteiger partial charge in [-0.25, -0.2) is 4.68 Å². The fourth-order valence-electron chi connectivity index (χ4n) is 3.21. The Bertz CT molecular complexity index is 873. The maximum atomic E-state index is 12.8. The molecule has 0 saturated carbocycles. The Labute approximate surface area is 170 Å². The van der Waals surface area contributed by atoms with Crippen molar-refractivity contribution in [3.05, 3.63) is 60.5 Å². The molecule has 3 aromatic rings.